The second-order valence-corrected chi connectivity index (χ2v) is 4.30. The molecule has 6 heteroatoms. The highest BCUT2D eigenvalue weighted by Crippen LogP contribution is 2.21. The topological polar surface area (TPSA) is 56.5 Å². The van der Waals surface area contributed by atoms with E-state index in [1.165, 1.54) is 0 Å². The van der Waals surface area contributed by atoms with Gasteiger partial charge in [-0.25, -0.2) is 0 Å². The molecular weight excluding hydrogens is 262 g/mol. The normalized spacial score (nSPS) is 10.6. The maximum atomic E-state index is 6.09. The zero-order valence-electron chi connectivity index (χ0n) is 9.94. The first kappa shape index (κ1) is 11.8. The van der Waals surface area contributed by atoms with E-state index in [1.54, 1.807) is 10.8 Å². The number of rotatable bonds is 3. The Kier molecular flexibility index (Phi) is 3.20. The van der Waals surface area contributed by atoms with Crippen LogP contribution in [0, 0.1) is 0 Å². The van der Waals surface area contributed by atoms with Gasteiger partial charge in [0.05, 0.1) is 12.2 Å². The van der Waals surface area contributed by atoms with E-state index < -0.39 is 0 Å². The second-order valence-electron chi connectivity index (χ2n) is 3.96. The lowest BCUT2D eigenvalue weighted by Gasteiger charge is -2.06. The summed E-state index contributed by atoms with van der Waals surface area (Å²) in [5.74, 6) is 0.719. The van der Waals surface area contributed by atoms with Gasteiger partial charge in [0.1, 0.15) is 0 Å². The maximum absolute atomic E-state index is 6.09. The van der Waals surface area contributed by atoms with Crippen LogP contribution in [-0.2, 0) is 6.54 Å². The molecule has 0 aliphatic rings. The van der Waals surface area contributed by atoms with E-state index in [0.717, 1.165) is 17.1 Å². The predicted octanol–water partition coefficient (Wildman–Crippen LogP) is 2.44. The number of nitrogens with zero attached hydrogens (tertiary/aromatic N) is 5. The summed E-state index contributed by atoms with van der Waals surface area (Å²) >= 11 is 6.09. The molecule has 5 nitrogen and oxygen atoms in total. The molecule has 3 aromatic rings. The Morgan fingerprint density at radius 2 is 1.79 bits per heavy atom. The highest BCUT2D eigenvalue weighted by Gasteiger charge is 2.12. The highest BCUT2D eigenvalue weighted by molar-refractivity contribution is 6.28. The molecule has 1 aromatic carbocycles. The lowest BCUT2D eigenvalue weighted by Crippen LogP contribution is -2.04. The monoisotopic (exact) mass is 271 g/mol. The molecule has 0 saturated heterocycles. The largest absolute Gasteiger partial charge is 0.292 e. The predicted molar refractivity (Wildman–Crippen MR) is 71.6 cm³/mol. The number of hydrogen-bond donors (Lipinski definition) is 0. The van der Waals surface area contributed by atoms with Gasteiger partial charge >= 0.3 is 0 Å². The second kappa shape index (κ2) is 5.16. The molecule has 2 aromatic heterocycles. The van der Waals surface area contributed by atoms with E-state index in [0.29, 0.717) is 11.8 Å². The summed E-state index contributed by atoms with van der Waals surface area (Å²) in [5, 5.41) is 16.3. The molecule has 0 atom stereocenters. The van der Waals surface area contributed by atoms with Gasteiger partial charge in [0.15, 0.2) is 5.82 Å². The minimum absolute atomic E-state index is 0.338. The minimum Gasteiger partial charge on any atom is -0.292 e. The van der Waals surface area contributed by atoms with Crippen molar-refractivity contribution in [1.82, 2.24) is 25.0 Å². The molecule has 0 amide bonds. The van der Waals surface area contributed by atoms with E-state index in [1.807, 2.05) is 42.5 Å². The van der Waals surface area contributed by atoms with Gasteiger partial charge in [-0.3, -0.25) is 4.57 Å². The number of benzene rings is 1. The van der Waals surface area contributed by atoms with E-state index in [4.69, 9.17) is 11.6 Å². The van der Waals surface area contributed by atoms with E-state index in [9.17, 15) is 0 Å². The van der Waals surface area contributed by atoms with Gasteiger partial charge in [0, 0.05) is 11.8 Å². The van der Waals surface area contributed by atoms with Gasteiger partial charge in [-0.2, -0.15) is 10.2 Å². The van der Waals surface area contributed by atoms with Crippen LogP contribution in [0.5, 0.6) is 0 Å². The van der Waals surface area contributed by atoms with E-state index >= 15 is 0 Å². The van der Waals surface area contributed by atoms with Crippen molar-refractivity contribution >= 4 is 11.6 Å². The first-order valence-corrected chi connectivity index (χ1v) is 6.13. The summed E-state index contributed by atoms with van der Waals surface area (Å²) in [5.41, 5.74) is 1.77. The molecule has 0 bridgehead atoms. The molecule has 0 aliphatic heterocycles. The standard InChI is InChI=1S/C13H10ClN5/c14-13-18-17-12(10-5-2-1-3-6-10)19(13)9-11-7-4-8-15-16-11/h1-8H,9H2. The van der Waals surface area contributed by atoms with Crippen LogP contribution in [-0.4, -0.2) is 25.0 Å². The lowest BCUT2D eigenvalue weighted by molar-refractivity contribution is 0.757. The molecular formula is C13H10ClN5. The molecule has 19 heavy (non-hydrogen) atoms. The Balaban J connectivity index is 2.00. The molecule has 2 heterocycles. The van der Waals surface area contributed by atoms with Crippen LogP contribution in [0.2, 0.25) is 5.28 Å². The van der Waals surface area contributed by atoms with Crippen molar-refractivity contribution in [2.45, 2.75) is 6.54 Å². The fourth-order valence-electron chi connectivity index (χ4n) is 1.80. The van der Waals surface area contributed by atoms with Crippen molar-refractivity contribution < 1.29 is 0 Å². The zero-order chi connectivity index (χ0) is 13.1. The van der Waals surface area contributed by atoms with E-state index in [-0.39, 0.29) is 0 Å². The lowest BCUT2D eigenvalue weighted by atomic mass is 10.2. The van der Waals surface area contributed by atoms with Crippen molar-refractivity contribution in [3.05, 3.63) is 59.6 Å². The summed E-state index contributed by atoms with van der Waals surface area (Å²) < 4.78 is 1.81. The van der Waals surface area contributed by atoms with Crippen molar-refractivity contribution in [2.24, 2.45) is 0 Å². The summed E-state index contributed by atoms with van der Waals surface area (Å²) in [4.78, 5) is 0. The molecule has 94 valence electrons. The third-order valence-corrected chi connectivity index (χ3v) is 2.96. The van der Waals surface area contributed by atoms with Crippen LogP contribution in [0.3, 0.4) is 0 Å². The summed E-state index contributed by atoms with van der Waals surface area (Å²) in [7, 11) is 0. The zero-order valence-corrected chi connectivity index (χ0v) is 10.7. The number of halogens is 1. The molecule has 0 N–H and O–H groups in total. The average Bonchev–Trinajstić information content (AvgIpc) is 2.82. The fourth-order valence-corrected chi connectivity index (χ4v) is 1.98. The Hall–Kier alpha value is -2.27. The Morgan fingerprint density at radius 3 is 2.53 bits per heavy atom. The van der Waals surface area contributed by atoms with Crippen LogP contribution in [0.1, 0.15) is 5.69 Å². The van der Waals surface area contributed by atoms with Gasteiger partial charge in [-0.05, 0) is 23.7 Å². The molecule has 0 spiro atoms. The van der Waals surface area contributed by atoms with Crippen LogP contribution in [0.4, 0.5) is 0 Å². The molecule has 0 fully saturated rings. The summed E-state index contributed by atoms with van der Waals surface area (Å²) in [6.45, 7) is 0.490. The minimum atomic E-state index is 0.338. The van der Waals surface area contributed by atoms with E-state index in [2.05, 4.69) is 20.4 Å². The highest BCUT2D eigenvalue weighted by atomic mass is 35.5. The number of hydrogen-bond acceptors (Lipinski definition) is 4. The quantitative estimate of drug-likeness (QED) is 0.734. The maximum Gasteiger partial charge on any atom is 0.225 e. The van der Waals surface area contributed by atoms with Gasteiger partial charge in [0.25, 0.3) is 0 Å². The third-order valence-electron chi connectivity index (χ3n) is 2.69. The van der Waals surface area contributed by atoms with Crippen molar-refractivity contribution in [3.8, 4) is 11.4 Å². The smallest absolute Gasteiger partial charge is 0.225 e. The van der Waals surface area contributed by atoms with Crippen LogP contribution in [0.25, 0.3) is 11.4 Å². The van der Waals surface area contributed by atoms with Crippen molar-refractivity contribution in [1.29, 1.82) is 0 Å². The first-order chi connectivity index (χ1) is 9.34. The third kappa shape index (κ3) is 2.46. The molecule has 0 saturated carbocycles. The molecule has 0 aliphatic carbocycles. The average molecular weight is 272 g/mol. The van der Waals surface area contributed by atoms with Gasteiger partial charge < -0.3 is 0 Å². The summed E-state index contributed by atoms with van der Waals surface area (Å²) in [6.07, 6.45) is 1.63. The van der Waals surface area contributed by atoms with Gasteiger partial charge in [-0.15, -0.1) is 10.2 Å². The molecule has 0 radical (unpaired) electrons. The first-order valence-electron chi connectivity index (χ1n) is 5.75. The Bertz CT molecular complexity index is 666. The Labute approximate surface area is 114 Å². The summed E-state index contributed by atoms with van der Waals surface area (Å²) in [6, 6.07) is 13.5. The SMILES string of the molecule is Clc1nnc(-c2ccccc2)n1Cc1cccnn1. The van der Waals surface area contributed by atoms with Crippen molar-refractivity contribution in [2.75, 3.05) is 0 Å². The molecule has 0 unspecified atom stereocenters. The van der Waals surface area contributed by atoms with Crippen LogP contribution in [0.15, 0.2) is 48.7 Å². The van der Waals surface area contributed by atoms with Gasteiger partial charge in [-0.1, -0.05) is 30.3 Å². The van der Waals surface area contributed by atoms with Gasteiger partial charge in [0.2, 0.25) is 5.28 Å². The Morgan fingerprint density at radius 1 is 0.947 bits per heavy atom. The fraction of sp³-hybridized carbons (Fsp3) is 0.0769. The molecule has 3 rings (SSSR count). The van der Waals surface area contributed by atoms with Crippen LogP contribution >= 0.6 is 11.6 Å². The van der Waals surface area contributed by atoms with Crippen molar-refractivity contribution in [3.63, 3.8) is 0 Å². The van der Waals surface area contributed by atoms with Crippen LogP contribution < -0.4 is 0 Å². The number of aromatic nitrogens is 5.